The second-order valence-corrected chi connectivity index (χ2v) is 7.23. The van der Waals surface area contributed by atoms with Crippen LogP contribution in [0.3, 0.4) is 0 Å². The van der Waals surface area contributed by atoms with Crippen molar-refractivity contribution in [2.75, 3.05) is 19.7 Å². The van der Waals surface area contributed by atoms with Gasteiger partial charge in [0.15, 0.2) is 4.96 Å². The number of carbonyl (C=O) groups is 1. The van der Waals surface area contributed by atoms with E-state index in [1.54, 1.807) is 20.2 Å². The number of aliphatic hydroxyl groups is 1. The number of piperidine rings is 1. The molecule has 1 fully saturated rings. The number of carbonyl (C=O) groups excluding carboxylic acids is 1. The van der Waals surface area contributed by atoms with Crippen molar-refractivity contribution < 1.29 is 9.90 Å². The first kappa shape index (κ1) is 16.9. The highest BCUT2D eigenvalue weighted by Gasteiger charge is 2.28. The van der Waals surface area contributed by atoms with Crippen LogP contribution in [0.2, 0.25) is 0 Å². The number of aromatic nitrogens is 4. The van der Waals surface area contributed by atoms with Gasteiger partial charge in [0.05, 0.1) is 18.8 Å². The molecule has 26 heavy (non-hydrogen) atoms. The van der Waals surface area contributed by atoms with Crippen molar-refractivity contribution in [1.29, 1.82) is 0 Å². The molecule has 136 valence electrons. The second-order valence-electron chi connectivity index (χ2n) is 6.35. The normalized spacial score (nSPS) is 17.7. The van der Waals surface area contributed by atoms with E-state index in [1.165, 1.54) is 17.4 Å². The largest absolute Gasteiger partial charge is 0.394 e. The third kappa shape index (κ3) is 3.15. The lowest BCUT2D eigenvalue weighted by Gasteiger charge is -2.32. The summed E-state index contributed by atoms with van der Waals surface area (Å²) in [5.41, 5.74) is 0.892. The molecule has 1 saturated heterocycles. The van der Waals surface area contributed by atoms with Crippen LogP contribution in [0.5, 0.6) is 0 Å². The van der Waals surface area contributed by atoms with Crippen LogP contribution < -0.4 is 5.56 Å². The second kappa shape index (κ2) is 7.00. The van der Waals surface area contributed by atoms with Gasteiger partial charge in [-0.05, 0) is 18.9 Å². The number of fused-ring (bicyclic) bond motifs is 1. The van der Waals surface area contributed by atoms with Gasteiger partial charge < -0.3 is 10.0 Å². The first-order valence-corrected chi connectivity index (χ1v) is 9.44. The molecule has 0 unspecified atom stereocenters. The third-order valence-electron chi connectivity index (χ3n) is 4.65. The molecule has 0 radical (unpaired) electrons. The zero-order valence-electron chi connectivity index (χ0n) is 14.1. The van der Waals surface area contributed by atoms with Crippen LogP contribution in [0.25, 0.3) is 4.96 Å². The summed E-state index contributed by atoms with van der Waals surface area (Å²) >= 11 is 1.33. The van der Waals surface area contributed by atoms with Gasteiger partial charge in [-0.3, -0.25) is 18.7 Å². The van der Waals surface area contributed by atoms with E-state index < -0.39 is 5.56 Å². The van der Waals surface area contributed by atoms with Gasteiger partial charge in [-0.15, -0.1) is 11.3 Å². The average Bonchev–Trinajstić information content (AvgIpc) is 3.30. The van der Waals surface area contributed by atoms with E-state index in [0.29, 0.717) is 30.3 Å². The van der Waals surface area contributed by atoms with Crippen molar-refractivity contribution in [2.45, 2.75) is 25.3 Å². The summed E-state index contributed by atoms with van der Waals surface area (Å²) in [5, 5.41) is 15.3. The fourth-order valence-electron chi connectivity index (χ4n) is 3.40. The monoisotopic (exact) mass is 373 g/mol. The number of nitrogens with zero attached hydrogens (tertiary/aromatic N) is 5. The van der Waals surface area contributed by atoms with Crippen molar-refractivity contribution in [3.8, 4) is 0 Å². The molecule has 8 nitrogen and oxygen atoms in total. The number of thiazole rings is 1. The van der Waals surface area contributed by atoms with E-state index >= 15 is 0 Å². The number of amides is 1. The molecule has 3 aromatic rings. The van der Waals surface area contributed by atoms with Crippen molar-refractivity contribution in [3.63, 3.8) is 0 Å². The molecule has 0 aliphatic carbocycles. The number of hydrogen-bond acceptors (Lipinski definition) is 6. The van der Waals surface area contributed by atoms with Crippen LogP contribution in [0.1, 0.15) is 34.9 Å². The van der Waals surface area contributed by atoms with E-state index in [0.717, 1.165) is 18.5 Å². The minimum atomic E-state index is -0.396. The highest BCUT2D eigenvalue weighted by Crippen LogP contribution is 2.26. The van der Waals surface area contributed by atoms with Gasteiger partial charge >= 0.3 is 0 Å². The number of hydrogen-bond donors (Lipinski definition) is 1. The SMILES string of the molecule is O=C(c1cc(=O)nc2sccn12)N1CCC[C@H](c2ccn(CCO)n2)C1. The first-order valence-electron chi connectivity index (χ1n) is 8.56. The molecule has 1 N–H and O–H groups in total. The van der Waals surface area contributed by atoms with Crippen molar-refractivity contribution >= 4 is 22.2 Å². The molecule has 1 atom stereocenters. The molecular weight excluding hydrogens is 354 g/mol. The molecule has 1 aliphatic heterocycles. The maximum atomic E-state index is 13.0. The first-order chi connectivity index (χ1) is 12.7. The van der Waals surface area contributed by atoms with Crippen LogP contribution >= 0.6 is 11.3 Å². The van der Waals surface area contributed by atoms with Gasteiger partial charge in [0.2, 0.25) is 0 Å². The maximum Gasteiger partial charge on any atom is 0.274 e. The topological polar surface area (TPSA) is 92.7 Å². The van der Waals surface area contributed by atoms with E-state index in [4.69, 9.17) is 5.11 Å². The quantitative estimate of drug-likeness (QED) is 0.735. The van der Waals surface area contributed by atoms with Crippen LogP contribution in [-0.4, -0.2) is 54.8 Å². The molecule has 0 spiro atoms. The standard InChI is InChI=1S/C17H19N5O3S/c23-8-6-21-5-3-13(19-21)12-2-1-4-20(11-12)16(25)14-10-15(24)18-17-22(14)7-9-26-17/h3,5,7,9-10,12,23H,1-2,4,6,8,11H2/t12-/m0/s1. The average molecular weight is 373 g/mol. The Morgan fingerprint density at radius 2 is 2.27 bits per heavy atom. The molecule has 0 saturated carbocycles. The molecule has 4 heterocycles. The Labute approximate surface area is 153 Å². The van der Waals surface area contributed by atoms with Crippen LogP contribution in [0.15, 0.2) is 34.7 Å². The Kier molecular flexibility index (Phi) is 4.56. The van der Waals surface area contributed by atoms with Gasteiger partial charge in [0, 0.05) is 42.8 Å². The number of aliphatic hydroxyl groups excluding tert-OH is 1. The van der Waals surface area contributed by atoms with E-state index in [-0.39, 0.29) is 18.4 Å². The Bertz CT molecular complexity index is 992. The summed E-state index contributed by atoms with van der Waals surface area (Å²) in [5.74, 6) is 0.00144. The Hall–Kier alpha value is -2.52. The Morgan fingerprint density at radius 3 is 3.12 bits per heavy atom. The van der Waals surface area contributed by atoms with Gasteiger partial charge in [-0.2, -0.15) is 10.1 Å². The van der Waals surface area contributed by atoms with Gasteiger partial charge in [-0.25, -0.2) is 0 Å². The summed E-state index contributed by atoms with van der Waals surface area (Å²) in [6.45, 7) is 1.74. The molecule has 1 aliphatic rings. The fourth-order valence-corrected chi connectivity index (χ4v) is 4.12. The highest BCUT2D eigenvalue weighted by molar-refractivity contribution is 7.15. The number of rotatable bonds is 4. The molecule has 3 aromatic heterocycles. The van der Waals surface area contributed by atoms with Crippen LogP contribution in [0, 0.1) is 0 Å². The molecule has 9 heteroatoms. The lowest BCUT2D eigenvalue weighted by atomic mass is 9.95. The Balaban J connectivity index is 1.57. The smallest absolute Gasteiger partial charge is 0.274 e. The summed E-state index contributed by atoms with van der Waals surface area (Å²) in [6.07, 6.45) is 5.46. The van der Waals surface area contributed by atoms with Crippen molar-refractivity contribution in [3.05, 3.63) is 51.6 Å². The molecular formula is C17H19N5O3S. The molecule has 0 bridgehead atoms. The predicted octanol–water partition coefficient (Wildman–Crippen LogP) is 0.965. The lowest BCUT2D eigenvalue weighted by Crippen LogP contribution is -2.40. The minimum Gasteiger partial charge on any atom is -0.394 e. The van der Waals surface area contributed by atoms with Gasteiger partial charge in [-0.1, -0.05) is 0 Å². The highest BCUT2D eigenvalue weighted by atomic mass is 32.1. The Morgan fingerprint density at radius 1 is 1.38 bits per heavy atom. The molecule has 0 aromatic carbocycles. The summed E-state index contributed by atoms with van der Waals surface area (Å²) in [6, 6.07) is 3.25. The van der Waals surface area contributed by atoms with Gasteiger partial charge in [0.1, 0.15) is 5.69 Å². The predicted molar refractivity (Wildman–Crippen MR) is 96.5 cm³/mol. The summed E-state index contributed by atoms with van der Waals surface area (Å²) < 4.78 is 3.39. The molecule has 1 amide bonds. The summed E-state index contributed by atoms with van der Waals surface area (Å²) in [4.78, 5) is 31.1. The maximum absolute atomic E-state index is 13.0. The minimum absolute atomic E-state index is 0.0455. The zero-order chi connectivity index (χ0) is 18.1. The van der Waals surface area contributed by atoms with Crippen LogP contribution in [-0.2, 0) is 6.54 Å². The van der Waals surface area contributed by atoms with Gasteiger partial charge in [0.25, 0.3) is 11.5 Å². The number of likely N-dealkylation sites (tertiary alicyclic amines) is 1. The lowest BCUT2D eigenvalue weighted by molar-refractivity contribution is 0.0698. The van der Waals surface area contributed by atoms with E-state index in [2.05, 4.69) is 10.1 Å². The van der Waals surface area contributed by atoms with E-state index in [9.17, 15) is 9.59 Å². The third-order valence-corrected chi connectivity index (χ3v) is 5.41. The zero-order valence-corrected chi connectivity index (χ0v) is 14.9. The fraction of sp³-hybridized carbons (Fsp3) is 0.412. The molecule has 4 rings (SSSR count). The van der Waals surface area contributed by atoms with E-state index in [1.807, 2.05) is 17.6 Å². The van der Waals surface area contributed by atoms with Crippen molar-refractivity contribution in [1.82, 2.24) is 24.1 Å². The summed E-state index contributed by atoms with van der Waals surface area (Å²) in [7, 11) is 0. The van der Waals surface area contributed by atoms with Crippen molar-refractivity contribution in [2.24, 2.45) is 0 Å². The van der Waals surface area contributed by atoms with Crippen LogP contribution in [0.4, 0.5) is 0 Å².